The van der Waals surface area contributed by atoms with Crippen molar-refractivity contribution in [2.75, 3.05) is 0 Å². The van der Waals surface area contributed by atoms with Crippen LogP contribution >= 0.6 is 0 Å². The van der Waals surface area contributed by atoms with Crippen molar-refractivity contribution >= 4 is 16.7 Å². The summed E-state index contributed by atoms with van der Waals surface area (Å²) in [6.45, 7) is 0. The number of aromatic nitrogens is 6. The Balaban J connectivity index is 1.72. The number of nitrogens with zero attached hydrogens (tertiary/aromatic N) is 6. The van der Waals surface area contributed by atoms with Gasteiger partial charge in [-0.2, -0.15) is 5.10 Å². The normalized spacial score (nSPS) is 11.4. The van der Waals surface area contributed by atoms with E-state index >= 15 is 0 Å². The van der Waals surface area contributed by atoms with Crippen molar-refractivity contribution in [3.63, 3.8) is 0 Å². The van der Waals surface area contributed by atoms with Gasteiger partial charge in [-0.05, 0) is 24.3 Å². The second-order valence-electron chi connectivity index (χ2n) is 5.82. The third-order valence-corrected chi connectivity index (χ3v) is 4.07. The summed E-state index contributed by atoms with van der Waals surface area (Å²) in [6.07, 6.45) is 3.26. The molecule has 0 unspecified atom stereocenters. The van der Waals surface area contributed by atoms with Gasteiger partial charge in [0, 0.05) is 11.6 Å². The van der Waals surface area contributed by atoms with E-state index in [0.717, 1.165) is 11.1 Å². The Bertz CT molecular complexity index is 1240. The molecule has 2 N–H and O–H groups in total. The van der Waals surface area contributed by atoms with Crippen molar-refractivity contribution in [3.8, 4) is 28.6 Å². The molecule has 8 heteroatoms. The second kappa shape index (κ2) is 5.28. The van der Waals surface area contributed by atoms with Gasteiger partial charge in [-0.15, -0.1) is 5.10 Å². The molecule has 0 aliphatic rings. The SMILES string of the molecule is Oc1cc(O)cc(-c2nc3c4cnn(-c5ccccc5)c4ncn3n2)c1. The van der Waals surface area contributed by atoms with Crippen LogP contribution in [0.3, 0.4) is 0 Å². The standard InChI is InChI=1S/C18H12N6O2/c25-13-6-11(7-14(26)8-13)16-21-18-15-9-20-24(12-4-2-1-3-5-12)17(15)19-10-23(18)22-16/h1-10,25-26H. The molecule has 5 aromatic rings. The minimum atomic E-state index is -0.0565. The van der Waals surface area contributed by atoms with Gasteiger partial charge in [0.2, 0.25) is 0 Å². The van der Waals surface area contributed by atoms with Crippen LogP contribution in [0.1, 0.15) is 0 Å². The molecular formula is C18H12N6O2. The van der Waals surface area contributed by atoms with Crippen LogP contribution in [0.5, 0.6) is 11.5 Å². The van der Waals surface area contributed by atoms with Gasteiger partial charge in [0.15, 0.2) is 17.1 Å². The molecule has 0 bridgehead atoms. The van der Waals surface area contributed by atoms with E-state index in [2.05, 4.69) is 20.2 Å². The van der Waals surface area contributed by atoms with Crippen LogP contribution in [-0.2, 0) is 0 Å². The predicted octanol–water partition coefficient (Wildman–Crippen LogP) is 2.54. The molecule has 126 valence electrons. The summed E-state index contributed by atoms with van der Waals surface area (Å²) < 4.78 is 3.29. The van der Waals surface area contributed by atoms with Gasteiger partial charge in [0.1, 0.15) is 17.8 Å². The van der Waals surface area contributed by atoms with E-state index in [1.807, 2.05) is 30.3 Å². The first-order chi connectivity index (χ1) is 12.7. The van der Waals surface area contributed by atoms with Gasteiger partial charge in [-0.1, -0.05) is 18.2 Å². The van der Waals surface area contributed by atoms with Gasteiger partial charge in [-0.3, -0.25) is 0 Å². The van der Waals surface area contributed by atoms with Crippen molar-refractivity contribution in [3.05, 3.63) is 61.1 Å². The maximum Gasteiger partial charge on any atom is 0.182 e. The van der Waals surface area contributed by atoms with Crippen LogP contribution in [0.4, 0.5) is 0 Å². The highest BCUT2D eigenvalue weighted by atomic mass is 16.3. The molecule has 2 aromatic carbocycles. The molecule has 0 saturated carbocycles. The highest BCUT2D eigenvalue weighted by molar-refractivity contribution is 5.90. The van der Waals surface area contributed by atoms with Crippen LogP contribution in [0.2, 0.25) is 0 Å². The first-order valence-electron chi connectivity index (χ1n) is 7.87. The van der Waals surface area contributed by atoms with E-state index in [4.69, 9.17) is 0 Å². The zero-order valence-corrected chi connectivity index (χ0v) is 13.4. The largest absolute Gasteiger partial charge is 0.508 e. The first-order valence-corrected chi connectivity index (χ1v) is 7.87. The third kappa shape index (κ3) is 2.16. The van der Waals surface area contributed by atoms with Crippen molar-refractivity contribution in [2.45, 2.75) is 0 Å². The van der Waals surface area contributed by atoms with E-state index in [9.17, 15) is 10.2 Å². The van der Waals surface area contributed by atoms with Crippen molar-refractivity contribution in [2.24, 2.45) is 0 Å². The number of fused-ring (bicyclic) bond motifs is 3. The Morgan fingerprint density at radius 1 is 0.885 bits per heavy atom. The average molecular weight is 344 g/mol. The van der Waals surface area contributed by atoms with Crippen LogP contribution in [0.15, 0.2) is 61.1 Å². The smallest absolute Gasteiger partial charge is 0.182 e. The number of phenols is 2. The number of benzene rings is 2. The molecule has 8 nitrogen and oxygen atoms in total. The van der Waals surface area contributed by atoms with E-state index in [1.54, 1.807) is 21.7 Å². The molecule has 3 aromatic heterocycles. The number of para-hydroxylation sites is 1. The third-order valence-electron chi connectivity index (χ3n) is 4.07. The predicted molar refractivity (Wildman–Crippen MR) is 94.2 cm³/mol. The second-order valence-corrected chi connectivity index (χ2v) is 5.82. The summed E-state index contributed by atoms with van der Waals surface area (Å²) in [7, 11) is 0. The molecule has 0 radical (unpaired) electrons. The molecule has 5 rings (SSSR count). The highest BCUT2D eigenvalue weighted by Gasteiger charge is 2.15. The fourth-order valence-electron chi connectivity index (χ4n) is 2.93. The van der Waals surface area contributed by atoms with Crippen molar-refractivity contribution < 1.29 is 10.2 Å². The number of rotatable bonds is 2. The summed E-state index contributed by atoms with van der Waals surface area (Å²) in [4.78, 5) is 8.99. The zero-order valence-electron chi connectivity index (χ0n) is 13.4. The van der Waals surface area contributed by atoms with Crippen LogP contribution < -0.4 is 0 Å². The molecule has 0 aliphatic carbocycles. The van der Waals surface area contributed by atoms with Gasteiger partial charge >= 0.3 is 0 Å². The Morgan fingerprint density at radius 3 is 2.42 bits per heavy atom. The Morgan fingerprint density at radius 2 is 1.65 bits per heavy atom. The lowest BCUT2D eigenvalue weighted by Gasteiger charge is -2.01. The Kier molecular flexibility index (Phi) is 2.93. The topological polar surface area (TPSA) is 101 Å². The number of aromatic hydroxyl groups is 2. The van der Waals surface area contributed by atoms with E-state index in [0.29, 0.717) is 22.7 Å². The molecular weight excluding hydrogens is 332 g/mol. The quantitative estimate of drug-likeness (QED) is 0.510. The average Bonchev–Trinajstić information content (AvgIpc) is 3.25. The fraction of sp³-hybridized carbons (Fsp3) is 0. The number of phenolic OH excluding ortho intramolecular Hbond substituents is 2. The molecule has 0 saturated heterocycles. The summed E-state index contributed by atoms with van der Waals surface area (Å²) in [5.41, 5.74) is 2.67. The Hall–Kier alpha value is -3.94. The maximum absolute atomic E-state index is 9.68. The lowest BCUT2D eigenvalue weighted by Crippen LogP contribution is -1.98. The molecule has 0 amide bonds. The molecule has 26 heavy (non-hydrogen) atoms. The van der Waals surface area contributed by atoms with Gasteiger partial charge < -0.3 is 10.2 Å². The van der Waals surface area contributed by atoms with Crippen LogP contribution in [0.25, 0.3) is 33.8 Å². The van der Waals surface area contributed by atoms with E-state index in [-0.39, 0.29) is 11.5 Å². The molecule has 0 aliphatic heterocycles. The maximum atomic E-state index is 9.68. The van der Waals surface area contributed by atoms with E-state index in [1.165, 1.54) is 18.2 Å². The summed E-state index contributed by atoms with van der Waals surface area (Å²) in [5, 5.41) is 28.9. The minimum absolute atomic E-state index is 0.0565. The highest BCUT2D eigenvalue weighted by Crippen LogP contribution is 2.28. The number of hydrogen-bond acceptors (Lipinski definition) is 6. The zero-order chi connectivity index (χ0) is 17.7. The minimum Gasteiger partial charge on any atom is -0.508 e. The molecule has 0 spiro atoms. The monoisotopic (exact) mass is 344 g/mol. The molecule has 3 heterocycles. The van der Waals surface area contributed by atoms with Crippen molar-refractivity contribution in [1.29, 1.82) is 0 Å². The molecule has 0 atom stereocenters. The van der Waals surface area contributed by atoms with E-state index < -0.39 is 0 Å². The Labute approximate surface area is 146 Å². The summed E-state index contributed by atoms with van der Waals surface area (Å²) in [6, 6.07) is 13.9. The fourth-order valence-corrected chi connectivity index (χ4v) is 2.93. The lowest BCUT2D eigenvalue weighted by molar-refractivity contribution is 0.451. The van der Waals surface area contributed by atoms with Gasteiger partial charge in [-0.25, -0.2) is 19.2 Å². The van der Waals surface area contributed by atoms with Crippen LogP contribution in [-0.4, -0.2) is 39.6 Å². The first kappa shape index (κ1) is 14.4. The van der Waals surface area contributed by atoms with Crippen molar-refractivity contribution in [1.82, 2.24) is 29.4 Å². The summed E-state index contributed by atoms with van der Waals surface area (Å²) in [5.74, 6) is 0.260. The van der Waals surface area contributed by atoms with Crippen LogP contribution in [0, 0.1) is 0 Å². The summed E-state index contributed by atoms with van der Waals surface area (Å²) >= 11 is 0. The molecule has 0 fully saturated rings. The number of hydrogen-bond donors (Lipinski definition) is 2. The van der Waals surface area contributed by atoms with Gasteiger partial charge in [0.25, 0.3) is 0 Å². The lowest BCUT2D eigenvalue weighted by atomic mass is 10.2. The van der Waals surface area contributed by atoms with Gasteiger partial charge in [0.05, 0.1) is 17.3 Å².